The van der Waals surface area contributed by atoms with Crippen LogP contribution in [0.25, 0.3) is 0 Å². The molecule has 1 atom stereocenters. The van der Waals surface area contributed by atoms with Crippen LogP contribution in [0.15, 0.2) is 109 Å². The maximum atomic E-state index is 9.67. The molecule has 4 aromatic carbocycles. The Balaban J connectivity index is 0.000000220. The molecule has 0 amide bonds. The van der Waals surface area contributed by atoms with E-state index in [4.69, 9.17) is 10.2 Å². The smallest absolute Gasteiger partial charge is 0.115 e. The zero-order valence-electron chi connectivity index (χ0n) is 21.9. The highest BCUT2D eigenvalue weighted by atomic mass is 16.3. The molecule has 4 nitrogen and oxygen atoms in total. The summed E-state index contributed by atoms with van der Waals surface area (Å²) in [4.78, 5) is 0. The van der Waals surface area contributed by atoms with Crippen LogP contribution < -0.4 is 0 Å². The van der Waals surface area contributed by atoms with Gasteiger partial charge in [-0.2, -0.15) is 0 Å². The van der Waals surface area contributed by atoms with Crippen molar-refractivity contribution in [2.24, 2.45) is 11.3 Å². The van der Waals surface area contributed by atoms with Crippen molar-refractivity contribution in [3.05, 3.63) is 120 Å². The quantitative estimate of drug-likeness (QED) is 0.226. The van der Waals surface area contributed by atoms with Crippen molar-refractivity contribution in [3.63, 3.8) is 0 Å². The Labute approximate surface area is 220 Å². The zero-order valence-corrected chi connectivity index (χ0v) is 21.9. The van der Waals surface area contributed by atoms with Crippen molar-refractivity contribution in [1.29, 1.82) is 0 Å². The summed E-state index contributed by atoms with van der Waals surface area (Å²) >= 11 is 0. The van der Waals surface area contributed by atoms with E-state index in [1.807, 2.05) is 12.1 Å². The van der Waals surface area contributed by atoms with E-state index in [2.05, 4.69) is 45.0 Å². The summed E-state index contributed by atoms with van der Waals surface area (Å²) in [5, 5.41) is 36.6. The molecule has 0 heterocycles. The second-order valence-electron chi connectivity index (χ2n) is 10.7. The molecular weight excluding hydrogens is 460 g/mol. The van der Waals surface area contributed by atoms with Gasteiger partial charge in [-0.3, -0.25) is 0 Å². The molecule has 1 unspecified atom stereocenters. The minimum atomic E-state index is -0.0669. The molecule has 1 fully saturated rings. The number of phenols is 4. The van der Waals surface area contributed by atoms with Gasteiger partial charge < -0.3 is 20.4 Å². The standard InChI is InChI=1S/C21H26O2.2C6H6O/c1-15-12-20(2,3)14-21(13-15,16-4-8-18(22)9-5-16)17-6-10-19(23)11-7-17;2*7-6-4-2-1-3-5-6/h4-11,15,22-23H,12-14H2,1-3H3;2*1-5,7H. The number of phenolic OH excluding ortho intramolecular Hbond substituents is 4. The van der Waals surface area contributed by atoms with E-state index < -0.39 is 0 Å². The second-order valence-corrected chi connectivity index (χ2v) is 10.7. The maximum Gasteiger partial charge on any atom is 0.115 e. The van der Waals surface area contributed by atoms with Crippen molar-refractivity contribution in [2.45, 2.75) is 45.4 Å². The summed E-state index contributed by atoms with van der Waals surface area (Å²) in [6, 6.07) is 32.8. The molecule has 1 saturated carbocycles. The van der Waals surface area contributed by atoms with Gasteiger partial charge in [-0.15, -0.1) is 0 Å². The van der Waals surface area contributed by atoms with E-state index in [9.17, 15) is 10.2 Å². The average Bonchev–Trinajstić information content (AvgIpc) is 2.85. The van der Waals surface area contributed by atoms with Gasteiger partial charge in [-0.25, -0.2) is 0 Å². The van der Waals surface area contributed by atoms with Gasteiger partial charge in [0.2, 0.25) is 0 Å². The summed E-state index contributed by atoms with van der Waals surface area (Å²) < 4.78 is 0. The van der Waals surface area contributed by atoms with Gasteiger partial charge in [0, 0.05) is 5.41 Å². The molecule has 4 heteroatoms. The van der Waals surface area contributed by atoms with E-state index in [0.29, 0.717) is 28.9 Å². The summed E-state index contributed by atoms with van der Waals surface area (Å²) in [5.41, 5.74) is 2.69. The van der Waals surface area contributed by atoms with Gasteiger partial charge >= 0.3 is 0 Å². The lowest BCUT2D eigenvalue weighted by molar-refractivity contribution is 0.127. The second kappa shape index (κ2) is 12.4. The van der Waals surface area contributed by atoms with Gasteiger partial charge in [-0.1, -0.05) is 81.4 Å². The van der Waals surface area contributed by atoms with Gasteiger partial charge in [0.05, 0.1) is 0 Å². The third-order valence-electron chi connectivity index (χ3n) is 6.73. The minimum absolute atomic E-state index is 0.0669. The van der Waals surface area contributed by atoms with Crippen LogP contribution in [-0.2, 0) is 5.41 Å². The van der Waals surface area contributed by atoms with Crippen molar-refractivity contribution >= 4 is 0 Å². The highest BCUT2D eigenvalue weighted by Gasteiger charge is 2.45. The Bertz CT molecular complexity index is 1120. The first-order valence-corrected chi connectivity index (χ1v) is 12.7. The number of hydrogen-bond acceptors (Lipinski definition) is 4. The van der Waals surface area contributed by atoms with Crippen molar-refractivity contribution < 1.29 is 20.4 Å². The molecule has 0 radical (unpaired) electrons. The lowest BCUT2D eigenvalue weighted by Crippen LogP contribution is -2.41. The predicted molar refractivity (Wildman–Crippen MR) is 150 cm³/mol. The van der Waals surface area contributed by atoms with Crippen LogP contribution >= 0.6 is 0 Å². The number of hydrogen-bond donors (Lipinski definition) is 4. The third-order valence-corrected chi connectivity index (χ3v) is 6.73. The highest BCUT2D eigenvalue weighted by molar-refractivity contribution is 5.44. The Morgan fingerprint density at radius 3 is 1.16 bits per heavy atom. The Morgan fingerprint density at radius 2 is 0.865 bits per heavy atom. The largest absolute Gasteiger partial charge is 0.508 e. The molecule has 0 bridgehead atoms. The van der Waals surface area contributed by atoms with Crippen LogP contribution in [0, 0.1) is 11.3 Å². The topological polar surface area (TPSA) is 80.9 Å². The van der Waals surface area contributed by atoms with Crippen molar-refractivity contribution in [2.75, 3.05) is 0 Å². The Kier molecular flexibility index (Phi) is 9.24. The number of para-hydroxylation sites is 2. The van der Waals surface area contributed by atoms with Gasteiger partial charge in [-0.05, 0) is 90.3 Å². The first-order valence-electron chi connectivity index (χ1n) is 12.7. The fourth-order valence-corrected chi connectivity index (χ4v) is 5.60. The van der Waals surface area contributed by atoms with Crippen LogP contribution in [0.5, 0.6) is 23.0 Å². The molecular formula is C33H38O4. The number of rotatable bonds is 2. The highest BCUT2D eigenvalue weighted by Crippen LogP contribution is 2.53. The first kappa shape index (κ1) is 27.7. The van der Waals surface area contributed by atoms with Crippen LogP contribution in [0.3, 0.4) is 0 Å². The lowest BCUT2D eigenvalue weighted by Gasteiger charge is -2.48. The monoisotopic (exact) mass is 498 g/mol. The number of benzene rings is 4. The molecule has 1 aliphatic carbocycles. The third kappa shape index (κ3) is 8.04. The van der Waals surface area contributed by atoms with Crippen LogP contribution in [0.4, 0.5) is 0 Å². The molecule has 0 aliphatic heterocycles. The van der Waals surface area contributed by atoms with Gasteiger partial charge in [0.25, 0.3) is 0 Å². The SMILES string of the molecule is CC1CC(C)(C)CC(c2ccc(O)cc2)(c2ccc(O)cc2)C1.Oc1ccccc1.Oc1ccccc1. The Hall–Kier alpha value is -3.92. The average molecular weight is 499 g/mol. The molecule has 0 aromatic heterocycles. The van der Waals surface area contributed by atoms with Crippen LogP contribution in [0.1, 0.15) is 51.2 Å². The summed E-state index contributed by atoms with van der Waals surface area (Å²) in [7, 11) is 0. The molecule has 194 valence electrons. The summed E-state index contributed by atoms with van der Waals surface area (Å²) in [6.45, 7) is 7.02. The van der Waals surface area contributed by atoms with Crippen molar-refractivity contribution in [3.8, 4) is 23.0 Å². The van der Waals surface area contributed by atoms with E-state index in [1.54, 1.807) is 72.8 Å². The molecule has 0 spiro atoms. The van der Waals surface area contributed by atoms with Crippen molar-refractivity contribution in [1.82, 2.24) is 0 Å². The van der Waals surface area contributed by atoms with E-state index in [0.717, 1.165) is 12.8 Å². The van der Waals surface area contributed by atoms with E-state index in [1.165, 1.54) is 17.5 Å². The first-order chi connectivity index (χ1) is 17.6. The summed E-state index contributed by atoms with van der Waals surface area (Å²) in [6.07, 6.45) is 3.39. The normalized spacial score (nSPS) is 17.3. The van der Waals surface area contributed by atoms with E-state index >= 15 is 0 Å². The molecule has 4 N–H and O–H groups in total. The maximum absolute atomic E-state index is 9.67. The summed E-state index contributed by atoms with van der Waals surface area (Å²) in [5.74, 6) is 1.88. The van der Waals surface area contributed by atoms with Crippen LogP contribution in [0.2, 0.25) is 0 Å². The van der Waals surface area contributed by atoms with Crippen LogP contribution in [-0.4, -0.2) is 20.4 Å². The minimum Gasteiger partial charge on any atom is -0.508 e. The van der Waals surface area contributed by atoms with E-state index in [-0.39, 0.29) is 10.8 Å². The fourth-order valence-electron chi connectivity index (χ4n) is 5.60. The molecule has 4 aromatic rings. The molecule has 5 rings (SSSR count). The predicted octanol–water partition coefficient (Wildman–Crippen LogP) is 8.01. The zero-order chi connectivity index (χ0) is 26.9. The Morgan fingerprint density at radius 1 is 0.514 bits per heavy atom. The number of aromatic hydroxyl groups is 4. The molecule has 37 heavy (non-hydrogen) atoms. The van der Waals surface area contributed by atoms with Gasteiger partial charge in [0.1, 0.15) is 23.0 Å². The fraction of sp³-hybridized carbons (Fsp3) is 0.273. The van der Waals surface area contributed by atoms with Gasteiger partial charge in [0.15, 0.2) is 0 Å². The lowest BCUT2D eigenvalue weighted by atomic mass is 9.55. The molecule has 1 aliphatic rings. The molecule has 0 saturated heterocycles.